The van der Waals surface area contributed by atoms with Gasteiger partial charge in [0.15, 0.2) is 0 Å². The fourth-order valence-electron chi connectivity index (χ4n) is 1.66. The van der Waals surface area contributed by atoms with Gasteiger partial charge in [-0.1, -0.05) is 58.9 Å². The fraction of sp³-hybridized carbons (Fsp3) is 0.600. The molecule has 0 aliphatic rings. The van der Waals surface area contributed by atoms with Gasteiger partial charge >= 0.3 is 0 Å². The third-order valence-electron chi connectivity index (χ3n) is 2.42. The Morgan fingerprint density at radius 1 is 1.12 bits per heavy atom. The van der Waals surface area contributed by atoms with Gasteiger partial charge in [0.25, 0.3) is 0 Å². The van der Waals surface area contributed by atoms with E-state index in [2.05, 4.69) is 50.4 Å². The lowest BCUT2D eigenvalue weighted by atomic mass is 9.97. The highest BCUT2D eigenvalue weighted by Crippen LogP contribution is 2.18. The molecular formula is C15H27N. The van der Waals surface area contributed by atoms with E-state index >= 15 is 0 Å². The van der Waals surface area contributed by atoms with Crippen molar-refractivity contribution in [1.82, 2.24) is 5.32 Å². The average Bonchev–Trinajstić information content (AvgIpc) is 2.32. The Bertz CT molecular complexity index is 266. The molecule has 0 aliphatic heterocycles. The van der Waals surface area contributed by atoms with Crippen LogP contribution in [0.15, 0.2) is 24.3 Å². The average molecular weight is 221 g/mol. The summed E-state index contributed by atoms with van der Waals surface area (Å²) in [5.74, 6) is 0.620. The summed E-state index contributed by atoms with van der Waals surface area (Å²) in [6, 6.07) is 8.69. The summed E-state index contributed by atoms with van der Waals surface area (Å²) in [6.45, 7) is 12.8. The highest BCUT2D eigenvalue weighted by molar-refractivity contribution is 5.29. The van der Waals surface area contributed by atoms with E-state index in [1.165, 1.54) is 17.5 Å². The molecule has 0 heterocycles. The van der Waals surface area contributed by atoms with Crippen molar-refractivity contribution in [2.75, 3.05) is 6.54 Å². The number of hydrogen-bond donors (Lipinski definition) is 1. The molecule has 0 saturated carbocycles. The smallest absolute Gasteiger partial charge is 0.0208 e. The van der Waals surface area contributed by atoms with Gasteiger partial charge in [-0.25, -0.2) is 0 Å². The third kappa shape index (κ3) is 5.32. The predicted molar refractivity (Wildman–Crippen MR) is 73.9 cm³/mol. The van der Waals surface area contributed by atoms with Crippen LogP contribution in [0.2, 0.25) is 0 Å². The molecule has 0 saturated heterocycles. The minimum absolute atomic E-state index is 0.620. The molecule has 0 spiro atoms. The van der Waals surface area contributed by atoms with Gasteiger partial charge in [-0.3, -0.25) is 0 Å². The molecule has 0 fully saturated rings. The summed E-state index contributed by atoms with van der Waals surface area (Å²) >= 11 is 0. The molecule has 16 heavy (non-hydrogen) atoms. The van der Waals surface area contributed by atoms with E-state index < -0.39 is 0 Å². The summed E-state index contributed by atoms with van der Waals surface area (Å²) < 4.78 is 0. The summed E-state index contributed by atoms with van der Waals surface area (Å²) in [5.41, 5.74) is 2.91. The second kappa shape index (κ2) is 9.41. The van der Waals surface area contributed by atoms with Gasteiger partial charge in [0.1, 0.15) is 0 Å². The van der Waals surface area contributed by atoms with Gasteiger partial charge in [-0.2, -0.15) is 0 Å². The van der Waals surface area contributed by atoms with Crippen molar-refractivity contribution in [2.24, 2.45) is 0 Å². The molecule has 0 bridgehead atoms. The summed E-state index contributed by atoms with van der Waals surface area (Å²) in [5, 5.41) is 3.45. The van der Waals surface area contributed by atoms with Crippen molar-refractivity contribution >= 4 is 0 Å². The van der Waals surface area contributed by atoms with Gasteiger partial charge in [0, 0.05) is 6.54 Å². The van der Waals surface area contributed by atoms with Crippen molar-refractivity contribution in [3.8, 4) is 0 Å². The SMILES string of the molecule is CC.CCCNCc1ccccc1C(C)C. The minimum Gasteiger partial charge on any atom is -0.313 e. The maximum Gasteiger partial charge on any atom is 0.0208 e. The predicted octanol–water partition coefficient (Wildman–Crippen LogP) is 4.34. The maximum atomic E-state index is 3.45. The van der Waals surface area contributed by atoms with Gasteiger partial charge < -0.3 is 5.32 Å². The minimum atomic E-state index is 0.620. The van der Waals surface area contributed by atoms with Crippen LogP contribution in [-0.2, 0) is 6.54 Å². The van der Waals surface area contributed by atoms with E-state index in [1.807, 2.05) is 13.8 Å². The van der Waals surface area contributed by atoms with E-state index in [1.54, 1.807) is 0 Å². The van der Waals surface area contributed by atoms with Crippen molar-refractivity contribution in [3.05, 3.63) is 35.4 Å². The van der Waals surface area contributed by atoms with Gasteiger partial charge in [0.05, 0.1) is 0 Å². The lowest BCUT2D eigenvalue weighted by Crippen LogP contribution is -2.15. The summed E-state index contributed by atoms with van der Waals surface area (Å²) in [7, 11) is 0. The van der Waals surface area contributed by atoms with Crippen LogP contribution >= 0.6 is 0 Å². The zero-order chi connectivity index (χ0) is 12.4. The number of hydrogen-bond acceptors (Lipinski definition) is 1. The van der Waals surface area contributed by atoms with Crippen molar-refractivity contribution in [2.45, 2.75) is 53.5 Å². The van der Waals surface area contributed by atoms with Crippen LogP contribution in [0, 0.1) is 0 Å². The first-order valence-corrected chi connectivity index (χ1v) is 6.54. The molecule has 1 aromatic carbocycles. The van der Waals surface area contributed by atoms with Crippen LogP contribution in [0.3, 0.4) is 0 Å². The Morgan fingerprint density at radius 2 is 1.75 bits per heavy atom. The van der Waals surface area contributed by atoms with E-state index in [0.717, 1.165) is 13.1 Å². The van der Waals surface area contributed by atoms with E-state index in [9.17, 15) is 0 Å². The summed E-state index contributed by atoms with van der Waals surface area (Å²) in [6.07, 6.45) is 1.20. The lowest BCUT2D eigenvalue weighted by molar-refractivity contribution is 0.666. The van der Waals surface area contributed by atoms with Gasteiger partial charge in [-0.05, 0) is 30.0 Å². The Balaban J connectivity index is 0.00000106. The molecule has 0 amide bonds. The molecule has 1 rings (SSSR count). The zero-order valence-electron chi connectivity index (χ0n) is 11.5. The molecule has 0 aliphatic carbocycles. The molecular weight excluding hydrogens is 194 g/mol. The van der Waals surface area contributed by atoms with Crippen molar-refractivity contribution < 1.29 is 0 Å². The van der Waals surface area contributed by atoms with Crippen LogP contribution in [0.4, 0.5) is 0 Å². The van der Waals surface area contributed by atoms with E-state index in [-0.39, 0.29) is 0 Å². The second-order valence-corrected chi connectivity index (χ2v) is 4.03. The summed E-state index contributed by atoms with van der Waals surface area (Å²) in [4.78, 5) is 0. The van der Waals surface area contributed by atoms with Gasteiger partial charge in [-0.15, -0.1) is 0 Å². The van der Waals surface area contributed by atoms with Crippen LogP contribution in [-0.4, -0.2) is 6.54 Å². The highest BCUT2D eigenvalue weighted by atomic mass is 14.8. The first-order chi connectivity index (χ1) is 7.75. The first kappa shape index (κ1) is 15.2. The molecule has 0 aromatic heterocycles. The Kier molecular flexibility index (Phi) is 8.93. The normalized spacial score (nSPS) is 9.88. The standard InChI is InChI=1S/C13H21N.C2H6/c1-4-9-14-10-12-7-5-6-8-13(12)11(2)3;1-2/h5-8,11,14H,4,9-10H2,1-3H3;1-2H3. The second-order valence-electron chi connectivity index (χ2n) is 4.03. The Morgan fingerprint density at radius 3 is 2.31 bits per heavy atom. The highest BCUT2D eigenvalue weighted by Gasteiger charge is 2.04. The number of rotatable bonds is 5. The Hall–Kier alpha value is -0.820. The van der Waals surface area contributed by atoms with Crippen LogP contribution < -0.4 is 5.32 Å². The molecule has 1 aromatic rings. The van der Waals surface area contributed by atoms with Crippen LogP contribution in [0.25, 0.3) is 0 Å². The fourth-order valence-corrected chi connectivity index (χ4v) is 1.66. The molecule has 1 N–H and O–H groups in total. The number of benzene rings is 1. The third-order valence-corrected chi connectivity index (χ3v) is 2.42. The van der Waals surface area contributed by atoms with E-state index in [4.69, 9.17) is 0 Å². The molecule has 1 nitrogen and oxygen atoms in total. The lowest BCUT2D eigenvalue weighted by Gasteiger charge is -2.12. The van der Waals surface area contributed by atoms with Crippen molar-refractivity contribution in [1.29, 1.82) is 0 Å². The Labute approximate surface area is 101 Å². The largest absolute Gasteiger partial charge is 0.313 e. The zero-order valence-corrected chi connectivity index (χ0v) is 11.5. The monoisotopic (exact) mass is 221 g/mol. The number of nitrogens with one attached hydrogen (secondary N) is 1. The maximum absolute atomic E-state index is 3.45. The van der Waals surface area contributed by atoms with E-state index in [0.29, 0.717) is 5.92 Å². The quantitative estimate of drug-likeness (QED) is 0.729. The first-order valence-electron chi connectivity index (χ1n) is 6.54. The topological polar surface area (TPSA) is 12.0 Å². The molecule has 0 radical (unpaired) electrons. The molecule has 0 unspecified atom stereocenters. The van der Waals surface area contributed by atoms with Crippen LogP contribution in [0.1, 0.15) is 58.1 Å². The molecule has 1 heteroatoms. The van der Waals surface area contributed by atoms with Crippen LogP contribution in [0.5, 0.6) is 0 Å². The van der Waals surface area contributed by atoms with Crippen molar-refractivity contribution in [3.63, 3.8) is 0 Å². The van der Waals surface area contributed by atoms with Gasteiger partial charge in [0.2, 0.25) is 0 Å². The molecule has 0 atom stereocenters. The molecule has 92 valence electrons.